The summed E-state index contributed by atoms with van der Waals surface area (Å²) in [5.41, 5.74) is 0.900. The van der Waals surface area contributed by atoms with Gasteiger partial charge < -0.3 is 5.32 Å². The molecule has 0 amide bonds. The van der Waals surface area contributed by atoms with Crippen molar-refractivity contribution in [2.45, 2.75) is 13.3 Å². The van der Waals surface area contributed by atoms with Crippen molar-refractivity contribution in [3.05, 3.63) is 18.0 Å². The zero-order chi connectivity index (χ0) is 11.6. The minimum Gasteiger partial charge on any atom is -0.354 e. The van der Waals surface area contributed by atoms with E-state index in [0.29, 0.717) is 18.2 Å². The number of nitrogens with zero attached hydrogens (tertiary/aromatic N) is 2. The van der Waals surface area contributed by atoms with Gasteiger partial charge in [0, 0.05) is 18.4 Å². The van der Waals surface area contributed by atoms with Crippen LogP contribution in [0.25, 0.3) is 0 Å². The van der Waals surface area contributed by atoms with Crippen LogP contribution in [0.15, 0.2) is 12.3 Å². The lowest BCUT2D eigenvalue weighted by Gasteiger charge is -2.09. The van der Waals surface area contributed by atoms with Crippen molar-refractivity contribution in [1.29, 1.82) is 0 Å². The van der Waals surface area contributed by atoms with E-state index in [1.54, 1.807) is 6.20 Å². The van der Waals surface area contributed by atoms with E-state index in [-0.39, 0.29) is 11.7 Å². The maximum Gasteiger partial charge on any atom is 0.222 e. The Morgan fingerprint density at radius 1 is 1.56 bits per heavy atom. The third-order valence-corrected chi connectivity index (χ3v) is 4.51. The zero-order valence-electron chi connectivity index (χ0n) is 9.18. The van der Waals surface area contributed by atoms with E-state index in [1.807, 2.05) is 13.0 Å². The van der Waals surface area contributed by atoms with Crippen molar-refractivity contribution in [3.63, 3.8) is 0 Å². The number of anilines is 1. The highest BCUT2D eigenvalue weighted by atomic mass is 32.2. The number of hydrogen-bond donors (Lipinski definition) is 1. The molecule has 0 saturated carbocycles. The summed E-state index contributed by atoms with van der Waals surface area (Å²) >= 11 is 0. The normalized spacial score (nSPS) is 23.2. The molecule has 5 nitrogen and oxygen atoms in total. The summed E-state index contributed by atoms with van der Waals surface area (Å²) in [4.78, 5) is 8.26. The SMILES string of the molecule is Cc1ccnc(NCC2CCS(=O)(=O)C2)n1. The lowest BCUT2D eigenvalue weighted by atomic mass is 10.1. The molecule has 1 aromatic heterocycles. The topological polar surface area (TPSA) is 72.0 Å². The predicted octanol–water partition coefficient (Wildman–Crippen LogP) is 0.632. The molecule has 1 fully saturated rings. The molecule has 1 aliphatic heterocycles. The second-order valence-electron chi connectivity index (χ2n) is 4.17. The number of hydrogen-bond acceptors (Lipinski definition) is 5. The predicted molar refractivity (Wildman–Crippen MR) is 62.0 cm³/mol. The van der Waals surface area contributed by atoms with Gasteiger partial charge in [-0.05, 0) is 25.3 Å². The Morgan fingerprint density at radius 3 is 3.00 bits per heavy atom. The first-order valence-corrected chi connectivity index (χ1v) is 7.11. The smallest absolute Gasteiger partial charge is 0.222 e. The van der Waals surface area contributed by atoms with E-state index in [9.17, 15) is 8.42 Å². The maximum atomic E-state index is 11.2. The van der Waals surface area contributed by atoms with Crippen molar-refractivity contribution in [3.8, 4) is 0 Å². The molecule has 1 aromatic rings. The van der Waals surface area contributed by atoms with Gasteiger partial charge in [-0.2, -0.15) is 0 Å². The van der Waals surface area contributed by atoms with E-state index in [1.165, 1.54) is 0 Å². The van der Waals surface area contributed by atoms with Crippen molar-refractivity contribution < 1.29 is 8.42 Å². The van der Waals surface area contributed by atoms with Crippen LogP contribution in [0, 0.1) is 12.8 Å². The molecule has 2 rings (SSSR count). The maximum absolute atomic E-state index is 11.2. The number of aromatic nitrogens is 2. The third kappa shape index (κ3) is 2.91. The second-order valence-corrected chi connectivity index (χ2v) is 6.40. The summed E-state index contributed by atoms with van der Waals surface area (Å²) in [5, 5.41) is 3.08. The Morgan fingerprint density at radius 2 is 2.38 bits per heavy atom. The summed E-state index contributed by atoms with van der Waals surface area (Å²) < 4.78 is 22.5. The molecule has 6 heteroatoms. The van der Waals surface area contributed by atoms with Crippen molar-refractivity contribution in [2.75, 3.05) is 23.4 Å². The monoisotopic (exact) mass is 241 g/mol. The minimum atomic E-state index is -2.79. The fourth-order valence-electron chi connectivity index (χ4n) is 1.80. The van der Waals surface area contributed by atoms with Crippen LogP contribution in [-0.2, 0) is 9.84 Å². The Kier molecular flexibility index (Phi) is 3.09. The summed E-state index contributed by atoms with van der Waals surface area (Å²) in [6.45, 7) is 2.52. The van der Waals surface area contributed by atoms with Crippen LogP contribution < -0.4 is 5.32 Å². The van der Waals surface area contributed by atoms with Gasteiger partial charge in [-0.15, -0.1) is 0 Å². The van der Waals surface area contributed by atoms with Gasteiger partial charge in [-0.3, -0.25) is 0 Å². The molecular weight excluding hydrogens is 226 g/mol. The van der Waals surface area contributed by atoms with E-state index in [2.05, 4.69) is 15.3 Å². The lowest BCUT2D eigenvalue weighted by Crippen LogP contribution is -2.17. The summed E-state index contributed by atoms with van der Waals surface area (Å²) in [6, 6.07) is 1.82. The summed E-state index contributed by atoms with van der Waals surface area (Å²) in [7, 11) is -2.79. The Labute approximate surface area is 95.2 Å². The molecular formula is C10H15N3O2S. The van der Waals surface area contributed by atoms with E-state index < -0.39 is 9.84 Å². The molecule has 2 heterocycles. The summed E-state index contributed by atoms with van der Waals surface area (Å²) in [6.07, 6.45) is 2.43. The highest BCUT2D eigenvalue weighted by Gasteiger charge is 2.27. The zero-order valence-corrected chi connectivity index (χ0v) is 10.00. The van der Waals surface area contributed by atoms with Gasteiger partial charge >= 0.3 is 0 Å². The highest BCUT2D eigenvalue weighted by Crippen LogP contribution is 2.18. The van der Waals surface area contributed by atoms with E-state index >= 15 is 0 Å². The Hall–Kier alpha value is -1.17. The van der Waals surface area contributed by atoms with E-state index in [4.69, 9.17) is 0 Å². The van der Waals surface area contributed by atoms with Crippen molar-refractivity contribution in [2.24, 2.45) is 5.92 Å². The average molecular weight is 241 g/mol. The molecule has 1 aliphatic rings. The van der Waals surface area contributed by atoms with Crippen molar-refractivity contribution >= 4 is 15.8 Å². The average Bonchev–Trinajstić information content (AvgIpc) is 2.56. The van der Waals surface area contributed by atoms with Gasteiger partial charge in [0.15, 0.2) is 9.84 Å². The quantitative estimate of drug-likeness (QED) is 0.840. The Balaban J connectivity index is 1.89. The molecule has 1 unspecified atom stereocenters. The molecule has 0 spiro atoms. The molecule has 0 aliphatic carbocycles. The third-order valence-electron chi connectivity index (χ3n) is 2.67. The molecule has 1 saturated heterocycles. The molecule has 16 heavy (non-hydrogen) atoms. The molecule has 0 bridgehead atoms. The highest BCUT2D eigenvalue weighted by molar-refractivity contribution is 7.91. The van der Waals surface area contributed by atoms with Crippen LogP contribution in [0.3, 0.4) is 0 Å². The lowest BCUT2D eigenvalue weighted by molar-refractivity contribution is 0.595. The van der Waals surface area contributed by atoms with Crippen LogP contribution in [0.4, 0.5) is 5.95 Å². The fourth-order valence-corrected chi connectivity index (χ4v) is 3.66. The van der Waals surface area contributed by atoms with E-state index in [0.717, 1.165) is 12.1 Å². The van der Waals surface area contributed by atoms with Crippen LogP contribution in [0.1, 0.15) is 12.1 Å². The minimum absolute atomic E-state index is 0.189. The van der Waals surface area contributed by atoms with Crippen LogP contribution in [0.5, 0.6) is 0 Å². The molecule has 1 atom stereocenters. The second kappa shape index (κ2) is 4.37. The van der Waals surface area contributed by atoms with Gasteiger partial charge in [0.05, 0.1) is 11.5 Å². The van der Waals surface area contributed by atoms with Crippen molar-refractivity contribution in [1.82, 2.24) is 9.97 Å². The number of sulfone groups is 1. The molecule has 0 radical (unpaired) electrons. The van der Waals surface area contributed by atoms with Crippen LogP contribution in [-0.4, -0.2) is 36.4 Å². The molecule has 88 valence electrons. The first-order chi connectivity index (χ1) is 7.55. The molecule has 0 aromatic carbocycles. The number of aryl methyl sites for hydroxylation is 1. The molecule has 1 N–H and O–H groups in total. The number of rotatable bonds is 3. The van der Waals surface area contributed by atoms with Gasteiger partial charge in [-0.1, -0.05) is 0 Å². The van der Waals surface area contributed by atoms with Gasteiger partial charge in [0.2, 0.25) is 5.95 Å². The fraction of sp³-hybridized carbons (Fsp3) is 0.600. The van der Waals surface area contributed by atoms with Crippen LogP contribution >= 0.6 is 0 Å². The van der Waals surface area contributed by atoms with Gasteiger partial charge in [-0.25, -0.2) is 18.4 Å². The number of nitrogens with one attached hydrogen (secondary N) is 1. The Bertz CT molecular complexity index is 473. The largest absolute Gasteiger partial charge is 0.354 e. The summed E-state index contributed by atoms with van der Waals surface area (Å²) in [5.74, 6) is 1.36. The van der Waals surface area contributed by atoms with Gasteiger partial charge in [0.25, 0.3) is 0 Å². The first-order valence-electron chi connectivity index (χ1n) is 5.29. The first kappa shape index (κ1) is 11.3. The van der Waals surface area contributed by atoms with Crippen LogP contribution in [0.2, 0.25) is 0 Å². The standard InChI is InChI=1S/C10H15N3O2S/c1-8-2-4-11-10(13-8)12-6-9-3-5-16(14,15)7-9/h2,4,9H,3,5-7H2,1H3,(H,11,12,13). The van der Waals surface area contributed by atoms with Gasteiger partial charge in [0.1, 0.15) is 0 Å².